The van der Waals surface area contributed by atoms with Gasteiger partial charge in [0.15, 0.2) is 0 Å². The Balaban J connectivity index is 1.88. The first-order valence-corrected chi connectivity index (χ1v) is 9.64. The van der Waals surface area contributed by atoms with Crippen LogP contribution < -0.4 is 10.3 Å². The van der Waals surface area contributed by atoms with Gasteiger partial charge in [-0.05, 0) is 30.7 Å². The molecule has 0 N–H and O–H groups in total. The van der Waals surface area contributed by atoms with E-state index in [1.165, 1.54) is 0 Å². The van der Waals surface area contributed by atoms with E-state index >= 15 is 0 Å². The van der Waals surface area contributed by atoms with Gasteiger partial charge in [-0.15, -0.1) is 11.3 Å². The summed E-state index contributed by atoms with van der Waals surface area (Å²) in [6.07, 6.45) is 1.59. The molecule has 4 nitrogen and oxygen atoms in total. The minimum absolute atomic E-state index is 0.0646. The largest absolute Gasteiger partial charge is 0.496 e. The van der Waals surface area contributed by atoms with Crippen LogP contribution in [0.3, 0.4) is 0 Å². The molecule has 2 aromatic carbocycles. The second kappa shape index (κ2) is 7.18. The molecule has 0 fully saturated rings. The molecule has 4 aromatic rings. The quantitative estimate of drug-likeness (QED) is 0.479. The lowest BCUT2D eigenvalue weighted by molar-refractivity contribution is 0.408. The van der Waals surface area contributed by atoms with Crippen molar-refractivity contribution in [1.82, 2.24) is 9.55 Å². The fourth-order valence-corrected chi connectivity index (χ4v) is 4.45. The molecule has 4 rings (SSSR count). The molecule has 0 atom stereocenters. The summed E-state index contributed by atoms with van der Waals surface area (Å²) >= 11 is 7.67. The van der Waals surface area contributed by atoms with Crippen molar-refractivity contribution in [3.63, 3.8) is 0 Å². The number of methoxy groups -OCH3 is 1. The summed E-state index contributed by atoms with van der Waals surface area (Å²) in [7, 11) is 1.60. The number of aryl methyl sites for hydroxylation is 1. The van der Waals surface area contributed by atoms with E-state index in [1.54, 1.807) is 41.5 Å². The lowest BCUT2D eigenvalue weighted by atomic mass is 10.0. The molecule has 0 unspecified atom stereocenters. The van der Waals surface area contributed by atoms with Crippen LogP contribution >= 0.6 is 22.9 Å². The Kier molecular flexibility index (Phi) is 4.72. The molecule has 0 saturated carbocycles. The Morgan fingerprint density at radius 2 is 1.96 bits per heavy atom. The molecular weight excluding hydrogens is 380 g/mol. The van der Waals surface area contributed by atoms with E-state index < -0.39 is 0 Å². The standard InChI is InChI=1S/C21H17ClN2O2S/c1-13-18(14-6-4-3-5-7-14)19-20(27-13)23-12-24(21(19)25)11-15-10-16(22)8-9-17(15)26-2/h3-10,12H,11H2,1-2H3. The molecule has 0 saturated heterocycles. The minimum atomic E-state index is -0.0646. The predicted molar refractivity (Wildman–Crippen MR) is 111 cm³/mol. The zero-order chi connectivity index (χ0) is 19.0. The molecule has 2 aromatic heterocycles. The van der Waals surface area contributed by atoms with E-state index in [0.29, 0.717) is 22.7 Å². The van der Waals surface area contributed by atoms with Crippen molar-refractivity contribution >= 4 is 33.2 Å². The van der Waals surface area contributed by atoms with Gasteiger partial charge >= 0.3 is 0 Å². The van der Waals surface area contributed by atoms with Gasteiger partial charge in [-0.2, -0.15) is 0 Å². The van der Waals surface area contributed by atoms with E-state index in [2.05, 4.69) is 4.98 Å². The maximum Gasteiger partial charge on any atom is 0.263 e. The van der Waals surface area contributed by atoms with Gasteiger partial charge in [-0.1, -0.05) is 41.9 Å². The van der Waals surface area contributed by atoms with Crippen molar-refractivity contribution in [3.05, 3.63) is 80.7 Å². The molecule has 0 aliphatic rings. The van der Waals surface area contributed by atoms with Crippen molar-refractivity contribution in [1.29, 1.82) is 0 Å². The van der Waals surface area contributed by atoms with Crippen LogP contribution in [0.4, 0.5) is 0 Å². The summed E-state index contributed by atoms with van der Waals surface area (Å²) in [5.74, 6) is 0.691. The lowest BCUT2D eigenvalue weighted by Crippen LogP contribution is -2.21. The first kappa shape index (κ1) is 17.8. The van der Waals surface area contributed by atoms with Crippen molar-refractivity contribution in [2.24, 2.45) is 0 Å². The number of hydrogen-bond acceptors (Lipinski definition) is 4. The summed E-state index contributed by atoms with van der Waals surface area (Å²) in [5.41, 5.74) is 2.76. The Morgan fingerprint density at radius 3 is 2.70 bits per heavy atom. The van der Waals surface area contributed by atoms with Crippen molar-refractivity contribution < 1.29 is 4.74 Å². The molecule has 0 bridgehead atoms. The summed E-state index contributed by atoms with van der Waals surface area (Å²) in [6.45, 7) is 2.37. The molecule has 0 amide bonds. The fraction of sp³-hybridized carbons (Fsp3) is 0.143. The minimum Gasteiger partial charge on any atom is -0.496 e. The number of benzene rings is 2. The molecular formula is C21H17ClN2O2S. The molecule has 0 aliphatic heterocycles. The van der Waals surface area contributed by atoms with E-state index in [-0.39, 0.29) is 5.56 Å². The van der Waals surface area contributed by atoms with Crippen LogP contribution in [0.25, 0.3) is 21.3 Å². The average molecular weight is 397 g/mol. The number of halogens is 1. The summed E-state index contributed by atoms with van der Waals surface area (Å²) in [4.78, 5) is 19.6. The third-order valence-electron chi connectivity index (χ3n) is 4.50. The van der Waals surface area contributed by atoms with Crippen LogP contribution in [0, 0.1) is 6.92 Å². The third kappa shape index (κ3) is 3.24. The smallest absolute Gasteiger partial charge is 0.263 e. The fourth-order valence-electron chi connectivity index (χ4n) is 3.26. The first-order valence-electron chi connectivity index (χ1n) is 8.45. The molecule has 0 radical (unpaired) electrons. The van der Waals surface area contributed by atoms with Crippen LogP contribution in [-0.2, 0) is 6.54 Å². The van der Waals surface area contributed by atoms with Crippen LogP contribution in [0.5, 0.6) is 5.75 Å². The van der Waals surface area contributed by atoms with Gasteiger partial charge in [-0.3, -0.25) is 9.36 Å². The first-order chi connectivity index (χ1) is 13.1. The zero-order valence-electron chi connectivity index (χ0n) is 14.9. The van der Waals surface area contributed by atoms with Gasteiger partial charge in [0.1, 0.15) is 10.6 Å². The summed E-state index contributed by atoms with van der Waals surface area (Å²) in [6, 6.07) is 15.3. The highest BCUT2D eigenvalue weighted by atomic mass is 35.5. The van der Waals surface area contributed by atoms with E-state index in [4.69, 9.17) is 16.3 Å². The molecule has 6 heteroatoms. The van der Waals surface area contributed by atoms with E-state index in [0.717, 1.165) is 26.4 Å². The maximum absolute atomic E-state index is 13.3. The number of ether oxygens (including phenoxy) is 1. The zero-order valence-corrected chi connectivity index (χ0v) is 16.5. The molecule has 0 aliphatic carbocycles. The number of rotatable bonds is 4. The van der Waals surface area contributed by atoms with Crippen molar-refractivity contribution in [3.8, 4) is 16.9 Å². The highest BCUT2D eigenvalue weighted by Gasteiger charge is 2.17. The van der Waals surface area contributed by atoms with Gasteiger partial charge in [0.25, 0.3) is 5.56 Å². The van der Waals surface area contributed by atoms with Gasteiger partial charge < -0.3 is 4.74 Å². The van der Waals surface area contributed by atoms with Gasteiger partial charge in [0, 0.05) is 21.0 Å². The number of fused-ring (bicyclic) bond motifs is 1. The SMILES string of the molecule is COc1ccc(Cl)cc1Cn1cnc2sc(C)c(-c3ccccc3)c2c1=O. The van der Waals surface area contributed by atoms with Gasteiger partial charge in [0.2, 0.25) is 0 Å². The number of thiophene rings is 1. The van der Waals surface area contributed by atoms with Crippen LogP contribution in [0.15, 0.2) is 59.7 Å². The summed E-state index contributed by atoms with van der Waals surface area (Å²) < 4.78 is 7.01. The summed E-state index contributed by atoms with van der Waals surface area (Å²) in [5, 5.41) is 1.26. The second-order valence-corrected chi connectivity index (χ2v) is 7.85. The Bertz CT molecular complexity index is 1180. The number of nitrogens with zero attached hydrogens (tertiary/aromatic N) is 2. The number of aromatic nitrogens is 2. The average Bonchev–Trinajstić information content (AvgIpc) is 3.02. The highest BCUT2D eigenvalue weighted by Crippen LogP contribution is 2.35. The highest BCUT2D eigenvalue weighted by molar-refractivity contribution is 7.19. The molecule has 0 spiro atoms. The monoisotopic (exact) mass is 396 g/mol. The topological polar surface area (TPSA) is 44.1 Å². The van der Waals surface area contributed by atoms with Crippen LogP contribution in [0.1, 0.15) is 10.4 Å². The van der Waals surface area contributed by atoms with E-state index in [9.17, 15) is 4.79 Å². The third-order valence-corrected chi connectivity index (χ3v) is 5.75. The van der Waals surface area contributed by atoms with Crippen LogP contribution in [-0.4, -0.2) is 16.7 Å². The molecule has 2 heterocycles. The Labute approximate surface area is 165 Å². The Morgan fingerprint density at radius 1 is 1.19 bits per heavy atom. The Hall–Kier alpha value is -2.63. The number of hydrogen-bond donors (Lipinski definition) is 0. The molecule has 27 heavy (non-hydrogen) atoms. The maximum atomic E-state index is 13.3. The van der Waals surface area contributed by atoms with Gasteiger partial charge in [0.05, 0.1) is 25.4 Å². The van der Waals surface area contributed by atoms with Crippen molar-refractivity contribution in [2.45, 2.75) is 13.5 Å². The normalized spacial score (nSPS) is 11.1. The second-order valence-electron chi connectivity index (χ2n) is 6.21. The lowest BCUT2D eigenvalue weighted by Gasteiger charge is -2.11. The van der Waals surface area contributed by atoms with Gasteiger partial charge in [-0.25, -0.2) is 4.98 Å². The van der Waals surface area contributed by atoms with Crippen molar-refractivity contribution in [2.75, 3.05) is 7.11 Å². The van der Waals surface area contributed by atoms with E-state index in [1.807, 2.05) is 43.3 Å². The molecule has 136 valence electrons. The predicted octanol–water partition coefficient (Wildman–Crippen LogP) is 5.14. The van der Waals surface area contributed by atoms with Crippen LogP contribution in [0.2, 0.25) is 5.02 Å².